The zero-order valence-corrected chi connectivity index (χ0v) is 10.3. The van der Waals surface area contributed by atoms with Gasteiger partial charge in [0.25, 0.3) is 0 Å². The predicted molar refractivity (Wildman–Crippen MR) is 62.9 cm³/mol. The Morgan fingerprint density at radius 2 is 1.79 bits per heavy atom. The Morgan fingerprint density at radius 1 is 1.21 bits per heavy atom. The maximum absolute atomic E-state index is 5.07. The average molecular weight is 197 g/mol. The van der Waals surface area contributed by atoms with Crippen LogP contribution in [0, 0.1) is 0 Å². The molecule has 2 heteroatoms. The van der Waals surface area contributed by atoms with Crippen molar-refractivity contribution in [3.63, 3.8) is 0 Å². The van der Waals surface area contributed by atoms with E-state index in [2.05, 4.69) is 11.9 Å². The van der Waals surface area contributed by atoms with Crippen molar-refractivity contribution in [2.45, 2.75) is 41.0 Å². The maximum Gasteiger partial charge on any atom is 0.140 e. The number of hydrogen-bond acceptors (Lipinski definition) is 2. The Bertz CT molecular complexity index is 188. The van der Waals surface area contributed by atoms with E-state index >= 15 is 0 Å². The number of hydrogen-bond donors (Lipinski definition) is 0. The van der Waals surface area contributed by atoms with Crippen molar-refractivity contribution in [3.8, 4) is 5.75 Å². The molecule has 1 rings (SSSR count). The number of nitrogens with zero attached hydrogens (tertiary/aromatic N) is 1. The molecule has 0 aliphatic rings. The molecule has 14 heavy (non-hydrogen) atoms. The highest BCUT2D eigenvalue weighted by Crippen LogP contribution is 2.15. The van der Waals surface area contributed by atoms with Crippen LogP contribution in [0.25, 0.3) is 0 Å². The molecule has 0 saturated carbocycles. The van der Waals surface area contributed by atoms with E-state index in [-0.39, 0.29) is 0 Å². The lowest BCUT2D eigenvalue weighted by Gasteiger charge is -2.03. The molecule has 0 saturated heterocycles. The van der Waals surface area contributed by atoms with Crippen LogP contribution in [-0.4, -0.2) is 12.1 Å². The highest BCUT2D eigenvalue weighted by molar-refractivity contribution is 5.29. The number of rotatable bonds is 2. The van der Waals surface area contributed by atoms with Crippen LogP contribution in [0.15, 0.2) is 18.5 Å². The van der Waals surface area contributed by atoms with Gasteiger partial charge in [0.05, 0.1) is 13.3 Å². The van der Waals surface area contributed by atoms with Gasteiger partial charge in [0.2, 0.25) is 0 Å². The molecule has 0 bridgehead atoms. The van der Waals surface area contributed by atoms with Crippen molar-refractivity contribution >= 4 is 0 Å². The molecular weight excluding hydrogens is 174 g/mol. The van der Waals surface area contributed by atoms with Crippen LogP contribution in [0.5, 0.6) is 5.75 Å². The topological polar surface area (TPSA) is 22.1 Å². The van der Waals surface area contributed by atoms with Gasteiger partial charge >= 0.3 is 0 Å². The van der Waals surface area contributed by atoms with Gasteiger partial charge in [-0.15, -0.1) is 0 Å². The van der Waals surface area contributed by atoms with Crippen molar-refractivity contribution in [2.24, 2.45) is 0 Å². The van der Waals surface area contributed by atoms with E-state index in [1.807, 2.05) is 33.8 Å². The summed E-state index contributed by atoms with van der Waals surface area (Å²) in [4.78, 5) is 3.94. The molecule has 2 nitrogen and oxygen atoms in total. The second kappa shape index (κ2) is 11.9. The van der Waals surface area contributed by atoms with Gasteiger partial charge in [-0.3, -0.25) is 4.98 Å². The second-order valence-electron chi connectivity index (χ2n) is 2.04. The van der Waals surface area contributed by atoms with Gasteiger partial charge in [-0.2, -0.15) is 0 Å². The molecule has 1 heterocycles. The molecule has 82 valence electrons. The SMILES string of the molecule is CC.CC.CCc1ccncc1OC. The van der Waals surface area contributed by atoms with Crippen molar-refractivity contribution < 1.29 is 4.74 Å². The summed E-state index contributed by atoms with van der Waals surface area (Å²) >= 11 is 0. The monoisotopic (exact) mass is 197 g/mol. The van der Waals surface area contributed by atoms with E-state index in [1.54, 1.807) is 19.5 Å². The van der Waals surface area contributed by atoms with Gasteiger partial charge in [0.15, 0.2) is 0 Å². The van der Waals surface area contributed by atoms with E-state index in [9.17, 15) is 0 Å². The molecular formula is C12H23NO. The first-order chi connectivity index (χ1) is 6.88. The minimum atomic E-state index is 0.880. The molecule has 0 unspecified atom stereocenters. The summed E-state index contributed by atoms with van der Waals surface area (Å²) in [5.74, 6) is 0.880. The highest BCUT2D eigenvalue weighted by Gasteiger charge is 1.96. The van der Waals surface area contributed by atoms with E-state index in [0.717, 1.165) is 12.2 Å². The first-order valence-corrected chi connectivity index (χ1v) is 5.35. The van der Waals surface area contributed by atoms with Gasteiger partial charge in [0, 0.05) is 6.20 Å². The molecule has 0 aliphatic heterocycles. The molecule has 0 amide bonds. The molecule has 0 fully saturated rings. The van der Waals surface area contributed by atoms with Crippen LogP contribution >= 0.6 is 0 Å². The number of methoxy groups -OCH3 is 1. The molecule has 0 radical (unpaired) electrons. The fourth-order valence-corrected chi connectivity index (χ4v) is 0.885. The average Bonchev–Trinajstić information content (AvgIpc) is 2.34. The van der Waals surface area contributed by atoms with Gasteiger partial charge < -0.3 is 4.74 Å². The van der Waals surface area contributed by atoms with E-state index in [0.29, 0.717) is 0 Å². The number of aryl methyl sites for hydroxylation is 1. The van der Waals surface area contributed by atoms with Crippen LogP contribution in [0.2, 0.25) is 0 Å². The van der Waals surface area contributed by atoms with Crippen molar-refractivity contribution in [1.82, 2.24) is 4.98 Å². The van der Waals surface area contributed by atoms with Crippen LogP contribution in [0.1, 0.15) is 40.2 Å². The van der Waals surface area contributed by atoms with E-state index in [4.69, 9.17) is 4.74 Å². The first-order valence-electron chi connectivity index (χ1n) is 5.35. The maximum atomic E-state index is 5.07. The van der Waals surface area contributed by atoms with Gasteiger partial charge in [-0.25, -0.2) is 0 Å². The number of ether oxygens (including phenoxy) is 1. The number of pyridine rings is 1. The molecule has 1 aromatic heterocycles. The third kappa shape index (κ3) is 5.57. The fraction of sp³-hybridized carbons (Fsp3) is 0.583. The summed E-state index contributed by atoms with van der Waals surface area (Å²) in [5, 5.41) is 0. The van der Waals surface area contributed by atoms with Gasteiger partial charge in [-0.1, -0.05) is 34.6 Å². The molecule has 0 N–H and O–H groups in total. The first kappa shape index (κ1) is 15.4. The Hall–Kier alpha value is -1.05. The van der Waals surface area contributed by atoms with Crippen LogP contribution in [0.4, 0.5) is 0 Å². The molecule has 0 aromatic carbocycles. The summed E-state index contributed by atoms with van der Waals surface area (Å²) in [6, 6.07) is 1.97. The molecule has 1 aromatic rings. The minimum absolute atomic E-state index is 0.880. The second-order valence-corrected chi connectivity index (χ2v) is 2.04. The van der Waals surface area contributed by atoms with Crippen LogP contribution in [0.3, 0.4) is 0 Å². The lowest BCUT2D eigenvalue weighted by Crippen LogP contribution is -1.90. The van der Waals surface area contributed by atoms with Crippen LogP contribution < -0.4 is 4.74 Å². The zero-order chi connectivity index (χ0) is 11.4. The predicted octanol–water partition coefficient (Wildman–Crippen LogP) is 3.71. The largest absolute Gasteiger partial charge is 0.495 e. The summed E-state index contributed by atoms with van der Waals surface area (Å²) in [5.41, 5.74) is 1.21. The van der Waals surface area contributed by atoms with Crippen molar-refractivity contribution in [2.75, 3.05) is 7.11 Å². The standard InChI is InChI=1S/C8H11NO.2C2H6/c1-3-7-4-5-9-6-8(7)10-2;2*1-2/h4-6H,3H2,1-2H3;2*1-2H3. The van der Waals surface area contributed by atoms with E-state index < -0.39 is 0 Å². The number of aromatic nitrogens is 1. The fourth-order valence-electron chi connectivity index (χ4n) is 0.885. The molecule has 0 spiro atoms. The Labute approximate surface area is 88.3 Å². The third-order valence-electron chi connectivity index (χ3n) is 1.47. The minimum Gasteiger partial charge on any atom is -0.495 e. The molecule has 0 aliphatic carbocycles. The lowest BCUT2D eigenvalue weighted by molar-refractivity contribution is 0.408. The lowest BCUT2D eigenvalue weighted by atomic mass is 10.2. The van der Waals surface area contributed by atoms with Crippen LogP contribution in [-0.2, 0) is 6.42 Å². The summed E-state index contributed by atoms with van der Waals surface area (Å²) in [6.45, 7) is 10.1. The van der Waals surface area contributed by atoms with Gasteiger partial charge in [0.1, 0.15) is 5.75 Å². The quantitative estimate of drug-likeness (QED) is 0.721. The zero-order valence-electron chi connectivity index (χ0n) is 10.3. The smallest absolute Gasteiger partial charge is 0.140 e. The Kier molecular flexibility index (Phi) is 13.2. The molecule has 0 atom stereocenters. The summed E-state index contributed by atoms with van der Waals surface area (Å²) in [6.07, 6.45) is 4.51. The van der Waals surface area contributed by atoms with E-state index in [1.165, 1.54) is 5.56 Å². The van der Waals surface area contributed by atoms with Crippen molar-refractivity contribution in [1.29, 1.82) is 0 Å². The normalized spacial score (nSPS) is 7.57. The summed E-state index contributed by atoms with van der Waals surface area (Å²) < 4.78 is 5.07. The third-order valence-corrected chi connectivity index (χ3v) is 1.47. The Morgan fingerprint density at radius 3 is 2.14 bits per heavy atom. The summed E-state index contributed by atoms with van der Waals surface area (Å²) in [7, 11) is 1.66. The Balaban J connectivity index is 0. The van der Waals surface area contributed by atoms with Gasteiger partial charge in [-0.05, 0) is 18.1 Å². The highest BCUT2D eigenvalue weighted by atomic mass is 16.5. The van der Waals surface area contributed by atoms with Crippen molar-refractivity contribution in [3.05, 3.63) is 24.0 Å².